The molecule has 1 amide bonds. The highest BCUT2D eigenvalue weighted by Gasteiger charge is 2.34. The number of rotatable bonds is 7. The SMILES string of the molecule is COc1ccc([C@@H]2CCC[NH+]2CC(=O)N(C)Cc2nc3ccccc3s2)c(OC)c1. The second kappa shape index (κ2) is 9.02. The van der Waals surface area contributed by atoms with E-state index in [2.05, 4.69) is 17.1 Å². The first-order valence-electron chi connectivity index (χ1n) is 10.2. The van der Waals surface area contributed by atoms with Crippen LogP contribution in [0.2, 0.25) is 0 Å². The number of carbonyl (C=O) groups is 1. The number of para-hydroxylation sites is 1. The molecule has 2 heterocycles. The average Bonchev–Trinajstić information content (AvgIpc) is 3.39. The van der Waals surface area contributed by atoms with E-state index < -0.39 is 0 Å². The summed E-state index contributed by atoms with van der Waals surface area (Å²) in [7, 11) is 5.21. The Balaban J connectivity index is 1.44. The first-order chi connectivity index (χ1) is 14.6. The van der Waals surface area contributed by atoms with Crippen molar-refractivity contribution in [2.45, 2.75) is 25.4 Å². The molecule has 1 aliphatic heterocycles. The van der Waals surface area contributed by atoms with Crippen molar-refractivity contribution in [3.8, 4) is 11.5 Å². The van der Waals surface area contributed by atoms with E-state index in [9.17, 15) is 4.79 Å². The van der Waals surface area contributed by atoms with Gasteiger partial charge >= 0.3 is 0 Å². The number of ether oxygens (including phenoxy) is 2. The summed E-state index contributed by atoms with van der Waals surface area (Å²) in [5, 5.41) is 0.969. The highest BCUT2D eigenvalue weighted by atomic mass is 32.1. The number of fused-ring (bicyclic) bond motifs is 1. The molecule has 2 atom stereocenters. The fraction of sp³-hybridized carbons (Fsp3) is 0.391. The molecule has 0 saturated carbocycles. The van der Waals surface area contributed by atoms with Crippen LogP contribution in [0, 0.1) is 0 Å². The molecule has 4 rings (SSSR count). The molecule has 0 radical (unpaired) electrons. The lowest BCUT2D eigenvalue weighted by Crippen LogP contribution is -3.11. The van der Waals surface area contributed by atoms with Crippen LogP contribution in [-0.2, 0) is 11.3 Å². The zero-order chi connectivity index (χ0) is 21.1. The largest absolute Gasteiger partial charge is 0.497 e. The van der Waals surface area contributed by atoms with Gasteiger partial charge in [-0.25, -0.2) is 4.98 Å². The van der Waals surface area contributed by atoms with Gasteiger partial charge in [0.15, 0.2) is 6.54 Å². The summed E-state index contributed by atoms with van der Waals surface area (Å²) in [6.45, 7) is 2.00. The van der Waals surface area contributed by atoms with Crippen molar-refractivity contribution in [2.24, 2.45) is 0 Å². The third-order valence-corrected chi connectivity index (χ3v) is 6.84. The van der Waals surface area contributed by atoms with Gasteiger partial charge < -0.3 is 19.3 Å². The van der Waals surface area contributed by atoms with Gasteiger partial charge in [-0.05, 0) is 24.3 Å². The van der Waals surface area contributed by atoms with Gasteiger partial charge in [0.05, 0.1) is 43.1 Å². The van der Waals surface area contributed by atoms with Crippen LogP contribution in [0.1, 0.15) is 29.5 Å². The molecular formula is C23H28N3O3S+. The maximum Gasteiger partial charge on any atom is 0.277 e. The number of quaternary nitrogens is 1. The first-order valence-corrected chi connectivity index (χ1v) is 11.1. The predicted octanol–water partition coefficient (Wildman–Crippen LogP) is 2.69. The number of benzene rings is 2. The van der Waals surface area contributed by atoms with E-state index in [1.807, 2.05) is 37.4 Å². The average molecular weight is 427 g/mol. The Morgan fingerprint density at radius 2 is 2.07 bits per heavy atom. The first kappa shape index (κ1) is 20.6. The minimum absolute atomic E-state index is 0.142. The van der Waals surface area contributed by atoms with Gasteiger partial charge in [-0.2, -0.15) is 0 Å². The Morgan fingerprint density at radius 1 is 1.23 bits per heavy atom. The second-order valence-electron chi connectivity index (χ2n) is 7.71. The number of aromatic nitrogens is 1. The molecule has 0 aliphatic carbocycles. The van der Waals surface area contributed by atoms with Gasteiger partial charge in [0.1, 0.15) is 22.5 Å². The highest BCUT2D eigenvalue weighted by Crippen LogP contribution is 2.31. The molecule has 1 aromatic heterocycles. The normalized spacial score (nSPS) is 18.5. The van der Waals surface area contributed by atoms with Crippen molar-refractivity contribution < 1.29 is 19.2 Å². The van der Waals surface area contributed by atoms with Gasteiger partial charge in [0, 0.05) is 26.0 Å². The van der Waals surface area contributed by atoms with Crippen LogP contribution in [0.4, 0.5) is 0 Å². The summed E-state index contributed by atoms with van der Waals surface area (Å²) in [6, 6.07) is 14.3. The second-order valence-corrected chi connectivity index (χ2v) is 8.83. The number of likely N-dealkylation sites (N-methyl/N-ethyl adjacent to an activating group) is 1. The third kappa shape index (κ3) is 4.27. The number of nitrogens with zero attached hydrogens (tertiary/aromatic N) is 2. The maximum atomic E-state index is 13.0. The molecule has 158 valence electrons. The van der Waals surface area contributed by atoms with Crippen LogP contribution < -0.4 is 14.4 Å². The molecule has 1 fully saturated rings. The Morgan fingerprint density at radius 3 is 2.83 bits per heavy atom. The third-order valence-electron chi connectivity index (χ3n) is 5.81. The van der Waals surface area contributed by atoms with Crippen LogP contribution in [-0.4, -0.2) is 50.1 Å². The van der Waals surface area contributed by atoms with E-state index in [4.69, 9.17) is 9.47 Å². The van der Waals surface area contributed by atoms with Crippen LogP contribution >= 0.6 is 11.3 Å². The molecule has 6 nitrogen and oxygen atoms in total. The van der Waals surface area contributed by atoms with Gasteiger partial charge in [0.2, 0.25) is 0 Å². The lowest BCUT2D eigenvalue weighted by atomic mass is 10.0. The van der Waals surface area contributed by atoms with E-state index in [1.54, 1.807) is 30.5 Å². The summed E-state index contributed by atoms with van der Waals surface area (Å²) >= 11 is 1.65. The molecule has 3 aromatic rings. The van der Waals surface area contributed by atoms with E-state index in [0.29, 0.717) is 13.1 Å². The van der Waals surface area contributed by atoms with Gasteiger partial charge in [-0.1, -0.05) is 12.1 Å². The fourth-order valence-corrected chi connectivity index (χ4v) is 5.23. The Kier molecular flexibility index (Phi) is 6.20. The summed E-state index contributed by atoms with van der Waals surface area (Å²) in [6.07, 6.45) is 2.15. The van der Waals surface area contributed by atoms with Crippen molar-refractivity contribution in [3.63, 3.8) is 0 Å². The fourth-order valence-electron chi connectivity index (χ4n) is 4.21. The monoisotopic (exact) mass is 426 g/mol. The zero-order valence-corrected chi connectivity index (χ0v) is 18.5. The minimum atomic E-state index is 0.142. The standard InChI is InChI=1S/C23H27N3O3S/c1-25(14-22-24-18-7-4-5-9-21(18)30-22)23(27)15-26-12-6-8-19(26)17-11-10-16(28-2)13-20(17)29-3/h4-5,7,9-11,13,19H,6,8,12,14-15H2,1-3H3/p+1/t19-/m0/s1. The molecule has 2 aromatic carbocycles. The van der Waals surface area contributed by atoms with Crippen LogP contribution in [0.3, 0.4) is 0 Å². The summed E-state index contributed by atoms with van der Waals surface area (Å²) in [5.74, 6) is 1.75. The van der Waals surface area contributed by atoms with Crippen molar-refractivity contribution in [3.05, 3.63) is 53.0 Å². The lowest BCUT2D eigenvalue weighted by molar-refractivity contribution is -0.910. The molecule has 1 unspecified atom stereocenters. The number of amides is 1. The number of likely N-dealkylation sites (tertiary alicyclic amines) is 1. The van der Waals surface area contributed by atoms with Crippen LogP contribution in [0.15, 0.2) is 42.5 Å². The van der Waals surface area contributed by atoms with E-state index in [0.717, 1.165) is 51.7 Å². The van der Waals surface area contributed by atoms with Crippen molar-refractivity contribution in [1.82, 2.24) is 9.88 Å². The molecule has 0 spiro atoms. The zero-order valence-electron chi connectivity index (χ0n) is 17.7. The number of hydrogen-bond donors (Lipinski definition) is 1. The molecule has 1 aliphatic rings. The molecule has 30 heavy (non-hydrogen) atoms. The van der Waals surface area contributed by atoms with Crippen molar-refractivity contribution in [1.29, 1.82) is 0 Å². The number of carbonyl (C=O) groups excluding carboxylic acids is 1. The number of nitrogens with one attached hydrogen (secondary N) is 1. The van der Waals surface area contributed by atoms with Crippen LogP contribution in [0.25, 0.3) is 10.2 Å². The van der Waals surface area contributed by atoms with Gasteiger partial charge in [-0.15, -0.1) is 11.3 Å². The smallest absolute Gasteiger partial charge is 0.277 e. The van der Waals surface area contributed by atoms with Gasteiger partial charge in [0.25, 0.3) is 5.91 Å². The number of thiazole rings is 1. The Hall–Kier alpha value is -2.64. The van der Waals surface area contributed by atoms with Crippen molar-refractivity contribution in [2.75, 3.05) is 34.4 Å². The van der Waals surface area contributed by atoms with E-state index in [-0.39, 0.29) is 11.9 Å². The van der Waals surface area contributed by atoms with Crippen molar-refractivity contribution >= 4 is 27.5 Å². The molecule has 1 N–H and O–H groups in total. The Bertz CT molecular complexity index is 1000. The summed E-state index contributed by atoms with van der Waals surface area (Å²) in [4.78, 5) is 20.7. The Labute approximate surface area is 181 Å². The van der Waals surface area contributed by atoms with Gasteiger partial charge in [-0.3, -0.25) is 4.79 Å². The molecule has 0 bridgehead atoms. The molecule has 7 heteroatoms. The summed E-state index contributed by atoms with van der Waals surface area (Å²) < 4.78 is 12.1. The summed E-state index contributed by atoms with van der Waals surface area (Å²) in [5.41, 5.74) is 2.14. The maximum absolute atomic E-state index is 13.0. The lowest BCUT2D eigenvalue weighted by Gasteiger charge is -2.25. The minimum Gasteiger partial charge on any atom is -0.497 e. The molecular weight excluding hydrogens is 398 g/mol. The van der Waals surface area contributed by atoms with E-state index in [1.165, 1.54) is 4.90 Å². The van der Waals surface area contributed by atoms with E-state index >= 15 is 0 Å². The highest BCUT2D eigenvalue weighted by molar-refractivity contribution is 7.18. The quantitative estimate of drug-likeness (QED) is 0.631. The number of hydrogen-bond acceptors (Lipinski definition) is 5. The predicted molar refractivity (Wildman–Crippen MR) is 118 cm³/mol. The van der Waals surface area contributed by atoms with Crippen LogP contribution in [0.5, 0.6) is 11.5 Å². The molecule has 1 saturated heterocycles. The number of methoxy groups -OCH3 is 2. The topological polar surface area (TPSA) is 56.1 Å².